The van der Waals surface area contributed by atoms with E-state index in [1.807, 2.05) is 24.3 Å². The minimum absolute atomic E-state index is 0.194. The summed E-state index contributed by atoms with van der Waals surface area (Å²) in [5.74, 6) is -0.354. The highest BCUT2D eigenvalue weighted by molar-refractivity contribution is 5.95. The van der Waals surface area contributed by atoms with E-state index in [-0.39, 0.29) is 11.8 Å². The van der Waals surface area contributed by atoms with Crippen LogP contribution in [0.3, 0.4) is 0 Å². The molecule has 1 aliphatic rings. The normalized spacial score (nSPS) is 16.9. The molecular weight excluding hydrogens is 414 g/mol. The first kappa shape index (κ1) is 21.3. The number of carbonyl (C=O) groups excluding carboxylic acids is 1. The van der Waals surface area contributed by atoms with E-state index in [1.165, 1.54) is 11.1 Å². The number of piperazine rings is 1. The van der Waals surface area contributed by atoms with Gasteiger partial charge in [-0.15, -0.1) is 0 Å². The first-order chi connectivity index (χ1) is 16.1. The summed E-state index contributed by atoms with van der Waals surface area (Å²) in [7, 11) is 0. The number of unbranched alkanes of at least 4 members (excludes halogenated alkanes) is 1. The summed E-state index contributed by atoms with van der Waals surface area (Å²) in [5, 5.41) is 14.8. The lowest BCUT2D eigenvalue weighted by molar-refractivity contribution is 0.0976. The average Bonchev–Trinajstić information content (AvgIpc) is 3.45. The molecule has 7 heteroatoms. The van der Waals surface area contributed by atoms with Crippen LogP contribution in [0.1, 0.15) is 46.1 Å². The van der Waals surface area contributed by atoms with Crippen LogP contribution in [0.15, 0.2) is 53.1 Å². The number of aromatic nitrogens is 1. The van der Waals surface area contributed by atoms with Gasteiger partial charge in [0.15, 0.2) is 5.76 Å². The van der Waals surface area contributed by atoms with E-state index in [4.69, 9.17) is 10.2 Å². The predicted molar refractivity (Wildman–Crippen MR) is 128 cm³/mol. The Balaban J connectivity index is 1.24. The van der Waals surface area contributed by atoms with Gasteiger partial charge in [-0.2, -0.15) is 5.26 Å². The van der Waals surface area contributed by atoms with Gasteiger partial charge >= 0.3 is 0 Å². The van der Waals surface area contributed by atoms with Gasteiger partial charge in [-0.1, -0.05) is 6.07 Å². The summed E-state index contributed by atoms with van der Waals surface area (Å²) < 4.78 is 5.53. The van der Waals surface area contributed by atoms with Gasteiger partial charge in [0.1, 0.15) is 5.58 Å². The maximum atomic E-state index is 11.4. The molecule has 4 aromatic rings. The van der Waals surface area contributed by atoms with E-state index in [2.05, 4.69) is 39.6 Å². The third-order valence-corrected chi connectivity index (χ3v) is 6.56. The van der Waals surface area contributed by atoms with Gasteiger partial charge in [0.2, 0.25) is 0 Å². The standard InChI is InChI=1S/C26H27N5O2/c27-14-17-4-6-22-21(11-17)19(15-30-22)3-1-2-9-31-10-8-29-16-23(31)18-5-7-24-20(12-18)13-25(33-24)26(28)32/h4-7,11-13,15,23,29-30H,1-3,8-10,16H2,(H2,28,32). The number of benzene rings is 2. The number of amides is 1. The van der Waals surface area contributed by atoms with Gasteiger partial charge in [0.05, 0.1) is 11.6 Å². The highest BCUT2D eigenvalue weighted by Crippen LogP contribution is 2.28. The number of hydrogen-bond donors (Lipinski definition) is 3. The number of aromatic amines is 1. The molecule has 5 rings (SSSR count). The summed E-state index contributed by atoms with van der Waals surface area (Å²) in [6.45, 7) is 3.90. The molecule has 168 valence electrons. The van der Waals surface area contributed by atoms with Crippen molar-refractivity contribution in [3.05, 3.63) is 71.1 Å². The largest absolute Gasteiger partial charge is 0.451 e. The lowest BCUT2D eigenvalue weighted by Gasteiger charge is -2.36. The molecule has 1 amide bonds. The van der Waals surface area contributed by atoms with E-state index < -0.39 is 5.91 Å². The van der Waals surface area contributed by atoms with E-state index >= 15 is 0 Å². The molecular formula is C26H27N5O2. The van der Waals surface area contributed by atoms with E-state index in [0.717, 1.165) is 61.7 Å². The second-order valence-corrected chi connectivity index (χ2v) is 8.67. The molecule has 1 unspecified atom stereocenters. The molecule has 7 nitrogen and oxygen atoms in total. The third kappa shape index (κ3) is 4.36. The van der Waals surface area contributed by atoms with Gasteiger partial charge in [-0.3, -0.25) is 9.69 Å². The Bertz CT molecular complexity index is 1350. The maximum absolute atomic E-state index is 11.4. The molecule has 0 radical (unpaired) electrons. The molecule has 0 saturated carbocycles. The molecule has 4 N–H and O–H groups in total. The Morgan fingerprint density at radius 3 is 2.97 bits per heavy atom. The number of rotatable bonds is 7. The zero-order chi connectivity index (χ0) is 22.8. The van der Waals surface area contributed by atoms with Crippen molar-refractivity contribution < 1.29 is 9.21 Å². The molecule has 1 saturated heterocycles. The van der Waals surface area contributed by atoms with Gasteiger partial charge in [0.25, 0.3) is 5.91 Å². The second-order valence-electron chi connectivity index (χ2n) is 8.67. The number of aryl methyl sites for hydroxylation is 1. The molecule has 0 spiro atoms. The number of nitriles is 1. The molecule has 2 aromatic carbocycles. The third-order valence-electron chi connectivity index (χ3n) is 6.56. The number of H-pyrrole nitrogens is 1. The summed E-state index contributed by atoms with van der Waals surface area (Å²) in [6.07, 6.45) is 5.24. The molecule has 1 fully saturated rings. The van der Waals surface area contributed by atoms with Crippen molar-refractivity contribution in [3.63, 3.8) is 0 Å². The van der Waals surface area contributed by atoms with Crippen molar-refractivity contribution >= 4 is 27.8 Å². The topological polar surface area (TPSA) is 111 Å². The number of primary amides is 1. The summed E-state index contributed by atoms with van der Waals surface area (Å²) in [5.41, 5.74) is 10.3. The van der Waals surface area contributed by atoms with Crippen molar-refractivity contribution in [2.45, 2.75) is 25.3 Å². The van der Waals surface area contributed by atoms with Gasteiger partial charge in [-0.05, 0) is 73.3 Å². The average molecular weight is 442 g/mol. The molecule has 33 heavy (non-hydrogen) atoms. The molecule has 0 aliphatic carbocycles. The Morgan fingerprint density at radius 1 is 1.21 bits per heavy atom. The highest BCUT2D eigenvalue weighted by atomic mass is 16.3. The van der Waals surface area contributed by atoms with Crippen LogP contribution in [0.25, 0.3) is 21.9 Å². The van der Waals surface area contributed by atoms with Crippen LogP contribution in [0.4, 0.5) is 0 Å². The summed E-state index contributed by atoms with van der Waals surface area (Å²) >= 11 is 0. The van der Waals surface area contributed by atoms with Crippen LogP contribution in [0.5, 0.6) is 0 Å². The molecule has 1 atom stereocenters. The smallest absolute Gasteiger partial charge is 0.284 e. The molecule has 1 aliphatic heterocycles. The zero-order valence-corrected chi connectivity index (χ0v) is 18.4. The Labute approximate surface area is 192 Å². The Kier molecular flexibility index (Phi) is 5.86. The van der Waals surface area contributed by atoms with Crippen LogP contribution in [-0.2, 0) is 6.42 Å². The number of fused-ring (bicyclic) bond motifs is 2. The Hall–Kier alpha value is -3.60. The van der Waals surface area contributed by atoms with Crippen LogP contribution >= 0.6 is 0 Å². The van der Waals surface area contributed by atoms with Crippen molar-refractivity contribution in [1.29, 1.82) is 5.26 Å². The highest BCUT2D eigenvalue weighted by Gasteiger charge is 2.24. The first-order valence-electron chi connectivity index (χ1n) is 11.4. The van der Waals surface area contributed by atoms with E-state index in [1.54, 1.807) is 6.07 Å². The van der Waals surface area contributed by atoms with Crippen molar-refractivity contribution in [1.82, 2.24) is 15.2 Å². The fraction of sp³-hybridized carbons (Fsp3) is 0.308. The summed E-state index contributed by atoms with van der Waals surface area (Å²) in [4.78, 5) is 17.3. The number of nitrogens with one attached hydrogen (secondary N) is 2. The Morgan fingerprint density at radius 2 is 2.12 bits per heavy atom. The fourth-order valence-corrected chi connectivity index (χ4v) is 4.82. The van der Waals surface area contributed by atoms with Crippen molar-refractivity contribution in [2.24, 2.45) is 5.73 Å². The monoisotopic (exact) mass is 441 g/mol. The van der Waals surface area contributed by atoms with Crippen LogP contribution in [0.2, 0.25) is 0 Å². The van der Waals surface area contributed by atoms with E-state index in [9.17, 15) is 10.1 Å². The van der Waals surface area contributed by atoms with Gasteiger partial charge in [0, 0.05) is 48.2 Å². The number of nitrogens with zero attached hydrogens (tertiary/aromatic N) is 2. The number of carbonyl (C=O) groups is 1. The predicted octanol–water partition coefficient (Wildman–Crippen LogP) is 3.85. The maximum Gasteiger partial charge on any atom is 0.284 e. The van der Waals surface area contributed by atoms with Crippen LogP contribution in [0, 0.1) is 11.3 Å². The second kappa shape index (κ2) is 9.10. The first-order valence-corrected chi connectivity index (χ1v) is 11.4. The van der Waals surface area contributed by atoms with Crippen LogP contribution in [-0.4, -0.2) is 42.0 Å². The van der Waals surface area contributed by atoms with Crippen LogP contribution < -0.4 is 11.1 Å². The number of nitrogens with two attached hydrogens (primary N) is 1. The molecule has 3 heterocycles. The van der Waals surface area contributed by atoms with Gasteiger partial charge < -0.3 is 20.5 Å². The summed E-state index contributed by atoms with van der Waals surface area (Å²) in [6, 6.07) is 16.2. The number of furan rings is 1. The fourth-order valence-electron chi connectivity index (χ4n) is 4.82. The molecule has 2 aromatic heterocycles. The quantitative estimate of drug-likeness (QED) is 0.377. The SMILES string of the molecule is N#Cc1ccc2[nH]cc(CCCCN3CCNCC3c3ccc4oc(C(N)=O)cc4c3)c2c1. The zero-order valence-electron chi connectivity index (χ0n) is 18.4. The minimum Gasteiger partial charge on any atom is -0.451 e. The van der Waals surface area contributed by atoms with E-state index in [0.29, 0.717) is 11.1 Å². The van der Waals surface area contributed by atoms with Crippen molar-refractivity contribution in [3.8, 4) is 6.07 Å². The lowest BCUT2D eigenvalue weighted by atomic mass is 10.0. The minimum atomic E-state index is -0.548. The lowest BCUT2D eigenvalue weighted by Crippen LogP contribution is -2.46. The molecule has 0 bridgehead atoms. The van der Waals surface area contributed by atoms with Gasteiger partial charge in [-0.25, -0.2) is 0 Å². The van der Waals surface area contributed by atoms with Crippen molar-refractivity contribution in [2.75, 3.05) is 26.2 Å². The number of hydrogen-bond acceptors (Lipinski definition) is 5.